The van der Waals surface area contributed by atoms with E-state index in [9.17, 15) is 13.2 Å². The van der Waals surface area contributed by atoms with Crippen LogP contribution in [0.15, 0.2) is 18.3 Å². The zero-order valence-electron chi connectivity index (χ0n) is 10.3. The fraction of sp³-hybridized carbons (Fsp3) is 0.583. The molecule has 1 aliphatic rings. The van der Waals surface area contributed by atoms with E-state index in [0.717, 1.165) is 6.42 Å². The van der Waals surface area contributed by atoms with Gasteiger partial charge in [0, 0.05) is 19.3 Å². The summed E-state index contributed by atoms with van der Waals surface area (Å²) < 4.78 is 36.8. The number of alkyl halides is 3. The van der Waals surface area contributed by atoms with Crippen LogP contribution in [0.5, 0.6) is 0 Å². The molecule has 0 amide bonds. The van der Waals surface area contributed by atoms with Crippen molar-refractivity contribution in [3.63, 3.8) is 0 Å². The lowest BCUT2D eigenvalue weighted by molar-refractivity contribution is -0.143. The van der Waals surface area contributed by atoms with Gasteiger partial charge in [0.2, 0.25) is 0 Å². The molecule has 7 heteroatoms. The SMILES string of the molecule is FC(F)(F)CN1CCC(CNc2ncccc2Cl)C1. The largest absolute Gasteiger partial charge is 0.401 e. The molecule has 0 bridgehead atoms. The minimum absolute atomic E-state index is 0.195. The molecule has 1 atom stereocenters. The van der Waals surface area contributed by atoms with E-state index in [2.05, 4.69) is 10.3 Å². The zero-order valence-corrected chi connectivity index (χ0v) is 11.0. The molecule has 1 N–H and O–H groups in total. The van der Waals surface area contributed by atoms with Crippen LogP contribution in [0.4, 0.5) is 19.0 Å². The van der Waals surface area contributed by atoms with Gasteiger partial charge in [-0.1, -0.05) is 11.6 Å². The van der Waals surface area contributed by atoms with Crippen LogP contribution in [0.3, 0.4) is 0 Å². The van der Waals surface area contributed by atoms with Crippen LogP contribution in [0.25, 0.3) is 0 Å². The molecule has 1 aromatic rings. The summed E-state index contributed by atoms with van der Waals surface area (Å²) in [4.78, 5) is 5.52. The first-order valence-electron chi connectivity index (χ1n) is 6.07. The van der Waals surface area contributed by atoms with Crippen LogP contribution in [0, 0.1) is 5.92 Å². The Morgan fingerprint density at radius 3 is 2.95 bits per heavy atom. The predicted octanol–water partition coefficient (Wildman–Crippen LogP) is 3.03. The topological polar surface area (TPSA) is 28.2 Å². The van der Waals surface area contributed by atoms with Crippen molar-refractivity contribution >= 4 is 17.4 Å². The van der Waals surface area contributed by atoms with E-state index in [4.69, 9.17) is 11.6 Å². The molecule has 2 heterocycles. The standard InChI is InChI=1S/C12H15ClF3N3/c13-10-2-1-4-17-11(10)18-6-9-3-5-19(7-9)8-12(14,15)16/h1-2,4,9H,3,5-8H2,(H,17,18). The summed E-state index contributed by atoms with van der Waals surface area (Å²) in [6.45, 7) is 0.706. The number of nitrogens with zero attached hydrogens (tertiary/aromatic N) is 2. The van der Waals surface area contributed by atoms with Crippen LogP contribution >= 0.6 is 11.6 Å². The third-order valence-corrected chi connectivity index (χ3v) is 3.39. The molecule has 1 unspecified atom stereocenters. The van der Waals surface area contributed by atoms with Gasteiger partial charge in [0.15, 0.2) is 0 Å². The van der Waals surface area contributed by atoms with Gasteiger partial charge in [0.25, 0.3) is 0 Å². The zero-order chi connectivity index (χ0) is 13.9. The van der Waals surface area contributed by atoms with Crippen LogP contribution in [0.2, 0.25) is 5.02 Å². The number of hydrogen-bond acceptors (Lipinski definition) is 3. The quantitative estimate of drug-likeness (QED) is 0.925. The van der Waals surface area contributed by atoms with E-state index in [1.54, 1.807) is 18.3 Å². The number of halogens is 4. The lowest BCUT2D eigenvalue weighted by atomic mass is 10.1. The Balaban J connectivity index is 1.78. The van der Waals surface area contributed by atoms with Crippen LogP contribution in [0.1, 0.15) is 6.42 Å². The van der Waals surface area contributed by atoms with Gasteiger partial charge in [-0.3, -0.25) is 4.90 Å². The van der Waals surface area contributed by atoms with Crippen molar-refractivity contribution in [2.75, 3.05) is 31.5 Å². The van der Waals surface area contributed by atoms with Crippen LogP contribution < -0.4 is 5.32 Å². The van der Waals surface area contributed by atoms with Gasteiger partial charge >= 0.3 is 6.18 Å². The maximum Gasteiger partial charge on any atom is 0.401 e. The van der Waals surface area contributed by atoms with Gasteiger partial charge in [-0.15, -0.1) is 0 Å². The van der Waals surface area contributed by atoms with E-state index < -0.39 is 12.7 Å². The monoisotopic (exact) mass is 293 g/mol. The first kappa shape index (κ1) is 14.4. The molecule has 0 spiro atoms. The highest BCUT2D eigenvalue weighted by atomic mass is 35.5. The van der Waals surface area contributed by atoms with Crippen molar-refractivity contribution < 1.29 is 13.2 Å². The number of nitrogens with one attached hydrogen (secondary N) is 1. The Labute approximate surface area is 114 Å². The van der Waals surface area contributed by atoms with Crippen molar-refractivity contribution in [2.45, 2.75) is 12.6 Å². The highest BCUT2D eigenvalue weighted by Crippen LogP contribution is 2.24. The maximum absolute atomic E-state index is 12.3. The van der Waals surface area contributed by atoms with Crippen molar-refractivity contribution in [3.8, 4) is 0 Å². The lowest BCUT2D eigenvalue weighted by Gasteiger charge is -2.18. The Hall–Kier alpha value is -1.01. The highest BCUT2D eigenvalue weighted by molar-refractivity contribution is 6.32. The van der Waals surface area contributed by atoms with E-state index in [1.165, 1.54) is 4.90 Å². The van der Waals surface area contributed by atoms with E-state index in [1.807, 2.05) is 0 Å². The predicted molar refractivity (Wildman–Crippen MR) is 68.3 cm³/mol. The Morgan fingerprint density at radius 1 is 1.47 bits per heavy atom. The number of anilines is 1. The second-order valence-corrected chi connectivity index (χ2v) is 5.13. The Morgan fingerprint density at radius 2 is 2.26 bits per heavy atom. The normalized spacial score (nSPS) is 20.7. The average Bonchev–Trinajstić information content (AvgIpc) is 2.73. The fourth-order valence-corrected chi connectivity index (χ4v) is 2.42. The van der Waals surface area contributed by atoms with Crippen molar-refractivity contribution in [2.24, 2.45) is 5.92 Å². The van der Waals surface area contributed by atoms with Crippen LogP contribution in [-0.2, 0) is 0 Å². The average molecular weight is 294 g/mol. The minimum Gasteiger partial charge on any atom is -0.369 e. The number of hydrogen-bond donors (Lipinski definition) is 1. The molecular weight excluding hydrogens is 279 g/mol. The summed E-state index contributed by atoms with van der Waals surface area (Å²) in [5, 5.41) is 3.61. The first-order chi connectivity index (χ1) is 8.94. The number of pyridine rings is 1. The summed E-state index contributed by atoms with van der Waals surface area (Å²) in [5.41, 5.74) is 0. The summed E-state index contributed by atoms with van der Waals surface area (Å²) in [7, 11) is 0. The van der Waals surface area contributed by atoms with Gasteiger partial charge in [0.05, 0.1) is 11.6 Å². The first-order valence-corrected chi connectivity index (χ1v) is 6.45. The third kappa shape index (κ3) is 4.54. The number of likely N-dealkylation sites (tertiary alicyclic amines) is 1. The molecule has 1 aromatic heterocycles. The van der Waals surface area contributed by atoms with Crippen molar-refractivity contribution in [1.29, 1.82) is 0 Å². The molecule has 1 fully saturated rings. The number of rotatable bonds is 4. The molecule has 2 rings (SSSR count). The molecule has 19 heavy (non-hydrogen) atoms. The minimum atomic E-state index is -4.12. The molecule has 0 radical (unpaired) electrons. The fourth-order valence-electron chi connectivity index (χ4n) is 2.23. The highest BCUT2D eigenvalue weighted by Gasteiger charge is 2.34. The summed E-state index contributed by atoms with van der Waals surface area (Å²) in [6.07, 6.45) is -1.74. The third-order valence-electron chi connectivity index (χ3n) is 3.09. The van der Waals surface area contributed by atoms with Crippen LogP contribution in [-0.4, -0.2) is 42.2 Å². The van der Waals surface area contributed by atoms with E-state index in [-0.39, 0.29) is 5.92 Å². The molecule has 0 saturated carbocycles. The van der Waals surface area contributed by atoms with Gasteiger partial charge in [-0.2, -0.15) is 13.2 Å². The van der Waals surface area contributed by atoms with Crippen molar-refractivity contribution in [3.05, 3.63) is 23.4 Å². The second-order valence-electron chi connectivity index (χ2n) is 4.72. The van der Waals surface area contributed by atoms with Gasteiger partial charge < -0.3 is 5.32 Å². The Bertz CT molecular complexity index is 425. The molecule has 1 aliphatic heterocycles. The molecule has 1 saturated heterocycles. The lowest BCUT2D eigenvalue weighted by Crippen LogP contribution is -2.33. The molecule has 0 aliphatic carbocycles. The van der Waals surface area contributed by atoms with Gasteiger partial charge in [-0.25, -0.2) is 4.98 Å². The smallest absolute Gasteiger partial charge is 0.369 e. The maximum atomic E-state index is 12.3. The molecule has 106 valence electrons. The second kappa shape index (κ2) is 5.96. The van der Waals surface area contributed by atoms with E-state index >= 15 is 0 Å². The summed E-state index contributed by atoms with van der Waals surface area (Å²) >= 11 is 5.94. The van der Waals surface area contributed by atoms with Crippen molar-refractivity contribution in [1.82, 2.24) is 9.88 Å². The summed E-state index contributed by atoms with van der Waals surface area (Å²) in [6, 6.07) is 3.45. The molecule has 3 nitrogen and oxygen atoms in total. The van der Waals surface area contributed by atoms with Gasteiger partial charge in [0.1, 0.15) is 5.82 Å². The molecule has 0 aromatic carbocycles. The summed E-state index contributed by atoms with van der Waals surface area (Å²) in [5.74, 6) is 0.777. The Kier molecular flexibility index (Phi) is 4.52. The number of aromatic nitrogens is 1. The molecular formula is C12H15ClF3N3. The van der Waals surface area contributed by atoms with E-state index in [0.29, 0.717) is 30.5 Å². The van der Waals surface area contributed by atoms with Gasteiger partial charge in [-0.05, 0) is 31.0 Å².